The third-order valence-electron chi connectivity index (χ3n) is 3.65. The van der Waals surface area contributed by atoms with E-state index in [4.69, 9.17) is 4.74 Å². The number of rotatable bonds is 16. The minimum Gasteiger partial charge on any atom is -0.466 e. The van der Waals surface area contributed by atoms with Crippen molar-refractivity contribution < 1.29 is 19.1 Å². The van der Waals surface area contributed by atoms with Gasteiger partial charge in [0.1, 0.15) is 11.6 Å². The standard InChI is InChI=1S/C18H33NO4S/c1-4-17(21)10-15-24-14-7-6-11-19(12-8-16(3)20)13-9-18(22)23-5-2/h4-15H2,1-3H3. The Labute approximate surface area is 150 Å². The highest BCUT2D eigenvalue weighted by Gasteiger charge is 2.10. The number of nitrogens with zero attached hydrogens (tertiary/aromatic N) is 1. The van der Waals surface area contributed by atoms with Crippen molar-refractivity contribution in [2.75, 3.05) is 37.7 Å². The van der Waals surface area contributed by atoms with E-state index >= 15 is 0 Å². The Balaban J connectivity index is 3.88. The Hall–Kier alpha value is -0.880. The fraction of sp³-hybridized carbons (Fsp3) is 0.833. The van der Waals surface area contributed by atoms with Crippen LogP contribution >= 0.6 is 11.8 Å². The van der Waals surface area contributed by atoms with Crippen molar-refractivity contribution in [3.63, 3.8) is 0 Å². The maximum atomic E-state index is 11.5. The lowest BCUT2D eigenvalue weighted by Gasteiger charge is -2.21. The molecular formula is C18H33NO4S. The first-order chi connectivity index (χ1) is 11.5. The van der Waals surface area contributed by atoms with E-state index in [2.05, 4.69) is 4.90 Å². The molecule has 0 fully saturated rings. The van der Waals surface area contributed by atoms with E-state index in [0.717, 1.165) is 30.9 Å². The quantitative estimate of drug-likeness (QED) is 0.312. The topological polar surface area (TPSA) is 63.7 Å². The van der Waals surface area contributed by atoms with Gasteiger partial charge in [-0.1, -0.05) is 6.92 Å². The summed E-state index contributed by atoms with van der Waals surface area (Å²) in [5.41, 5.74) is 0. The average molecular weight is 360 g/mol. The van der Waals surface area contributed by atoms with Crippen LogP contribution in [0.2, 0.25) is 0 Å². The van der Waals surface area contributed by atoms with Gasteiger partial charge in [0.15, 0.2) is 0 Å². The molecular weight excluding hydrogens is 326 g/mol. The van der Waals surface area contributed by atoms with Crippen molar-refractivity contribution in [1.82, 2.24) is 4.90 Å². The van der Waals surface area contributed by atoms with Crippen molar-refractivity contribution in [1.29, 1.82) is 0 Å². The van der Waals surface area contributed by atoms with Crippen LogP contribution < -0.4 is 0 Å². The number of carbonyl (C=O) groups is 3. The average Bonchev–Trinajstić information content (AvgIpc) is 2.55. The van der Waals surface area contributed by atoms with Gasteiger partial charge in [-0.3, -0.25) is 14.4 Å². The van der Waals surface area contributed by atoms with Gasteiger partial charge in [-0.05, 0) is 39.0 Å². The van der Waals surface area contributed by atoms with Gasteiger partial charge in [0.25, 0.3) is 0 Å². The van der Waals surface area contributed by atoms with E-state index in [1.807, 2.05) is 18.7 Å². The summed E-state index contributed by atoms with van der Waals surface area (Å²) in [7, 11) is 0. The molecule has 0 saturated carbocycles. The zero-order chi connectivity index (χ0) is 18.2. The number of hydrogen-bond acceptors (Lipinski definition) is 6. The molecule has 24 heavy (non-hydrogen) atoms. The first-order valence-electron chi connectivity index (χ1n) is 8.96. The molecule has 0 aromatic rings. The Morgan fingerprint density at radius 3 is 2.25 bits per heavy atom. The number of carbonyl (C=O) groups excluding carboxylic acids is 3. The summed E-state index contributed by atoms with van der Waals surface area (Å²) in [4.78, 5) is 36.0. The SMILES string of the molecule is CCOC(=O)CCN(CCCCSCCC(=O)CC)CCC(C)=O. The summed E-state index contributed by atoms with van der Waals surface area (Å²) in [6, 6.07) is 0. The lowest BCUT2D eigenvalue weighted by Crippen LogP contribution is -2.30. The first-order valence-corrected chi connectivity index (χ1v) is 10.1. The largest absolute Gasteiger partial charge is 0.466 e. The van der Waals surface area contributed by atoms with Crippen LogP contribution in [0, 0.1) is 0 Å². The molecule has 0 aliphatic carbocycles. The summed E-state index contributed by atoms with van der Waals surface area (Å²) >= 11 is 1.82. The first kappa shape index (κ1) is 23.1. The van der Waals surface area contributed by atoms with Gasteiger partial charge in [-0.15, -0.1) is 0 Å². The van der Waals surface area contributed by atoms with Crippen LogP contribution in [-0.2, 0) is 19.1 Å². The van der Waals surface area contributed by atoms with Crippen LogP contribution in [0.4, 0.5) is 0 Å². The van der Waals surface area contributed by atoms with Crippen molar-refractivity contribution in [3.8, 4) is 0 Å². The minimum absolute atomic E-state index is 0.173. The molecule has 140 valence electrons. The van der Waals surface area contributed by atoms with Crippen molar-refractivity contribution in [3.05, 3.63) is 0 Å². The summed E-state index contributed by atoms with van der Waals surface area (Å²) in [5.74, 6) is 2.28. The molecule has 0 amide bonds. The molecule has 0 atom stereocenters. The van der Waals surface area contributed by atoms with E-state index in [-0.39, 0.29) is 11.8 Å². The molecule has 0 heterocycles. The van der Waals surface area contributed by atoms with Crippen molar-refractivity contribution in [2.24, 2.45) is 0 Å². The van der Waals surface area contributed by atoms with Crippen LogP contribution in [0.3, 0.4) is 0 Å². The number of unbranched alkanes of at least 4 members (excludes halogenated alkanes) is 1. The normalized spacial score (nSPS) is 10.8. The molecule has 0 unspecified atom stereocenters. The summed E-state index contributed by atoms with van der Waals surface area (Å²) < 4.78 is 4.95. The Morgan fingerprint density at radius 2 is 1.62 bits per heavy atom. The van der Waals surface area contributed by atoms with E-state index in [0.29, 0.717) is 51.2 Å². The van der Waals surface area contributed by atoms with Crippen LogP contribution in [0.25, 0.3) is 0 Å². The zero-order valence-corrected chi connectivity index (χ0v) is 16.3. The molecule has 0 bridgehead atoms. The lowest BCUT2D eigenvalue weighted by molar-refractivity contribution is -0.143. The van der Waals surface area contributed by atoms with Crippen LogP contribution in [0.15, 0.2) is 0 Å². The smallest absolute Gasteiger partial charge is 0.307 e. The highest BCUT2D eigenvalue weighted by molar-refractivity contribution is 7.99. The fourth-order valence-corrected chi connectivity index (χ4v) is 3.12. The molecule has 0 aromatic carbocycles. The summed E-state index contributed by atoms with van der Waals surface area (Å²) in [6.45, 7) is 7.94. The Kier molecular flexibility index (Phi) is 15.1. The molecule has 0 radical (unpaired) electrons. The van der Waals surface area contributed by atoms with Gasteiger partial charge < -0.3 is 9.64 Å². The number of thioether (sulfide) groups is 1. The third kappa shape index (κ3) is 14.7. The molecule has 0 rings (SSSR count). The number of Topliss-reactive ketones (excluding diaryl/α,β-unsaturated/α-hetero) is 2. The highest BCUT2D eigenvalue weighted by Crippen LogP contribution is 2.09. The molecule has 0 aliphatic rings. The number of ether oxygens (including phenoxy) is 1. The third-order valence-corrected chi connectivity index (χ3v) is 4.72. The van der Waals surface area contributed by atoms with E-state index in [1.54, 1.807) is 13.8 Å². The van der Waals surface area contributed by atoms with Crippen molar-refractivity contribution in [2.45, 2.75) is 59.3 Å². The zero-order valence-electron chi connectivity index (χ0n) is 15.5. The van der Waals surface area contributed by atoms with Gasteiger partial charge in [0, 0.05) is 38.1 Å². The highest BCUT2D eigenvalue weighted by atomic mass is 32.2. The molecule has 0 aromatic heterocycles. The molecule has 0 spiro atoms. The fourth-order valence-electron chi connectivity index (χ4n) is 2.14. The van der Waals surface area contributed by atoms with Gasteiger partial charge in [0.2, 0.25) is 0 Å². The number of hydrogen-bond donors (Lipinski definition) is 0. The van der Waals surface area contributed by atoms with Gasteiger partial charge >= 0.3 is 5.97 Å². The van der Waals surface area contributed by atoms with Gasteiger partial charge in [-0.2, -0.15) is 11.8 Å². The summed E-state index contributed by atoms with van der Waals surface area (Å²) in [5, 5.41) is 0. The van der Waals surface area contributed by atoms with Gasteiger partial charge in [-0.25, -0.2) is 0 Å². The second-order valence-electron chi connectivity index (χ2n) is 5.81. The van der Waals surface area contributed by atoms with Crippen molar-refractivity contribution >= 4 is 29.3 Å². The molecule has 5 nitrogen and oxygen atoms in total. The lowest BCUT2D eigenvalue weighted by atomic mass is 10.2. The van der Waals surface area contributed by atoms with Crippen LogP contribution in [0.1, 0.15) is 59.3 Å². The molecule has 0 N–H and O–H groups in total. The molecule has 0 saturated heterocycles. The Morgan fingerprint density at radius 1 is 0.917 bits per heavy atom. The monoisotopic (exact) mass is 359 g/mol. The predicted molar refractivity (Wildman–Crippen MR) is 99.5 cm³/mol. The van der Waals surface area contributed by atoms with Gasteiger partial charge in [0.05, 0.1) is 13.0 Å². The molecule has 6 heteroatoms. The predicted octanol–water partition coefficient (Wildman–Crippen LogP) is 3.10. The summed E-state index contributed by atoms with van der Waals surface area (Å²) in [6.07, 6.45) is 4.32. The number of ketones is 2. The Bertz CT molecular complexity index is 374. The second-order valence-corrected chi connectivity index (χ2v) is 7.04. The van der Waals surface area contributed by atoms with E-state index < -0.39 is 0 Å². The van der Waals surface area contributed by atoms with Crippen LogP contribution in [0.5, 0.6) is 0 Å². The van der Waals surface area contributed by atoms with E-state index in [1.165, 1.54) is 0 Å². The van der Waals surface area contributed by atoms with Crippen LogP contribution in [-0.4, -0.2) is 60.2 Å². The second kappa shape index (κ2) is 15.6. The minimum atomic E-state index is -0.179. The maximum absolute atomic E-state index is 11.5. The van der Waals surface area contributed by atoms with E-state index in [9.17, 15) is 14.4 Å². The maximum Gasteiger partial charge on any atom is 0.307 e. The molecule has 0 aliphatic heterocycles. The number of esters is 1.